The summed E-state index contributed by atoms with van der Waals surface area (Å²) in [4.78, 5) is 29.6. The third-order valence-electron chi connectivity index (χ3n) is 5.63. The predicted octanol–water partition coefficient (Wildman–Crippen LogP) is 2.12. The van der Waals surface area contributed by atoms with Crippen LogP contribution in [0.15, 0.2) is 53.3 Å². The largest absolute Gasteiger partial charge is 0.369 e. The highest BCUT2D eigenvalue weighted by atomic mass is 16.2. The fraction of sp³-hybridized carbons (Fsp3) is 0.364. The molecule has 0 spiro atoms. The number of amides is 1. The Kier molecular flexibility index (Phi) is 5.40. The molecular formula is C22H27N5O2. The number of aryl methyl sites for hydroxylation is 2. The van der Waals surface area contributed by atoms with Crippen LogP contribution < -0.4 is 15.9 Å². The van der Waals surface area contributed by atoms with Gasteiger partial charge < -0.3 is 15.1 Å². The lowest BCUT2D eigenvalue weighted by atomic mass is 10.2. The average Bonchev–Trinajstić information content (AvgIpc) is 2.98. The molecule has 2 heterocycles. The molecule has 7 heteroatoms. The maximum Gasteiger partial charge on any atom is 0.328 e. The molecule has 1 aliphatic rings. The molecule has 1 fully saturated rings. The summed E-state index contributed by atoms with van der Waals surface area (Å²) < 4.78 is 3.27. The van der Waals surface area contributed by atoms with Gasteiger partial charge in [-0.05, 0) is 43.4 Å². The average molecular weight is 393 g/mol. The van der Waals surface area contributed by atoms with Crippen molar-refractivity contribution in [3.63, 3.8) is 0 Å². The number of carbonyl (C=O) groups is 1. The van der Waals surface area contributed by atoms with Gasteiger partial charge in [0.1, 0.15) is 0 Å². The summed E-state index contributed by atoms with van der Waals surface area (Å²) in [5.74, 6) is -0.0998. The van der Waals surface area contributed by atoms with Crippen molar-refractivity contribution in [3.8, 4) is 0 Å². The van der Waals surface area contributed by atoms with Crippen molar-refractivity contribution in [2.24, 2.45) is 7.05 Å². The normalized spacial score (nSPS) is 15.0. The molecule has 152 valence electrons. The summed E-state index contributed by atoms with van der Waals surface area (Å²) in [6.07, 6.45) is 0.244. The minimum atomic E-state index is -0.101. The number of rotatable bonds is 5. The molecule has 1 aromatic heterocycles. The summed E-state index contributed by atoms with van der Waals surface area (Å²) in [5.41, 5.74) is 3.58. The lowest BCUT2D eigenvalue weighted by Gasteiger charge is -2.34. The highest BCUT2D eigenvalue weighted by Crippen LogP contribution is 2.19. The fourth-order valence-electron chi connectivity index (χ4n) is 3.84. The van der Waals surface area contributed by atoms with Gasteiger partial charge in [0, 0.05) is 57.6 Å². The topological polar surface area (TPSA) is 62.5 Å². The van der Waals surface area contributed by atoms with Crippen molar-refractivity contribution in [2.75, 3.05) is 43.4 Å². The standard InChI is InChI=1S/C22H27N5O2/c1-24-13-15-26(16-14-24)18-9-7-17(8-10-18)23-21(28)11-12-27-20-6-4-3-5-19(20)25(2)22(27)29/h3-10H,11-16H2,1-2H3,(H,23,28). The highest BCUT2D eigenvalue weighted by molar-refractivity contribution is 5.91. The van der Waals surface area contributed by atoms with Gasteiger partial charge in [-0.15, -0.1) is 0 Å². The molecule has 2 aromatic carbocycles. The Bertz CT molecular complexity index is 1060. The number of aromatic nitrogens is 2. The summed E-state index contributed by atoms with van der Waals surface area (Å²) in [7, 11) is 3.89. The van der Waals surface area contributed by atoms with Crippen molar-refractivity contribution >= 4 is 28.3 Å². The SMILES string of the molecule is CN1CCN(c2ccc(NC(=O)CCn3c(=O)n(C)c4ccccc43)cc2)CC1. The van der Waals surface area contributed by atoms with Crippen molar-refractivity contribution in [1.29, 1.82) is 0 Å². The zero-order valence-corrected chi connectivity index (χ0v) is 17.0. The zero-order valence-electron chi connectivity index (χ0n) is 17.0. The van der Waals surface area contributed by atoms with E-state index in [1.54, 1.807) is 16.2 Å². The molecular weight excluding hydrogens is 366 g/mol. The van der Waals surface area contributed by atoms with Crippen molar-refractivity contribution in [3.05, 3.63) is 59.0 Å². The Morgan fingerprint density at radius 1 is 0.931 bits per heavy atom. The monoisotopic (exact) mass is 393 g/mol. The maximum atomic E-state index is 12.5. The van der Waals surface area contributed by atoms with E-state index in [2.05, 4.69) is 34.3 Å². The molecule has 1 aliphatic heterocycles. The number of imidazole rings is 1. The van der Waals surface area contributed by atoms with Gasteiger partial charge in [0.25, 0.3) is 0 Å². The van der Waals surface area contributed by atoms with Crippen LogP contribution in [-0.4, -0.2) is 53.2 Å². The first kappa shape index (κ1) is 19.3. The minimum absolute atomic E-state index is 0.0998. The van der Waals surface area contributed by atoms with E-state index in [4.69, 9.17) is 0 Å². The van der Waals surface area contributed by atoms with Crippen LogP contribution in [0.25, 0.3) is 11.0 Å². The molecule has 0 unspecified atom stereocenters. The number of hydrogen-bond acceptors (Lipinski definition) is 4. The van der Waals surface area contributed by atoms with E-state index < -0.39 is 0 Å². The minimum Gasteiger partial charge on any atom is -0.369 e. The number of carbonyl (C=O) groups excluding carboxylic acids is 1. The van der Waals surface area contributed by atoms with Gasteiger partial charge in [-0.25, -0.2) is 4.79 Å². The number of nitrogens with one attached hydrogen (secondary N) is 1. The van der Waals surface area contributed by atoms with E-state index in [-0.39, 0.29) is 18.0 Å². The van der Waals surface area contributed by atoms with Gasteiger partial charge in [-0.2, -0.15) is 0 Å². The number of anilines is 2. The molecule has 1 N–H and O–H groups in total. The second-order valence-corrected chi connectivity index (χ2v) is 7.62. The van der Waals surface area contributed by atoms with Crippen LogP contribution >= 0.6 is 0 Å². The zero-order chi connectivity index (χ0) is 20.4. The summed E-state index contributed by atoms with van der Waals surface area (Å²) in [5, 5.41) is 2.94. The van der Waals surface area contributed by atoms with E-state index in [0.717, 1.165) is 42.9 Å². The smallest absolute Gasteiger partial charge is 0.328 e. The van der Waals surface area contributed by atoms with Crippen molar-refractivity contribution < 1.29 is 4.79 Å². The highest BCUT2D eigenvalue weighted by Gasteiger charge is 2.15. The number of benzene rings is 2. The Hall–Kier alpha value is -3.06. The first-order valence-corrected chi connectivity index (χ1v) is 10.0. The van der Waals surface area contributed by atoms with Crippen molar-refractivity contribution in [1.82, 2.24) is 14.0 Å². The van der Waals surface area contributed by atoms with Crippen molar-refractivity contribution in [2.45, 2.75) is 13.0 Å². The molecule has 1 saturated heterocycles. The molecule has 0 radical (unpaired) electrons. The van der Waals surface area contributed by atoms with Crippen LogP contribution in [0, 0.1) is 0 Å². The van der Waals surface area contributed by atoms with E-state index in [0.29, 0.717) is 6.54 Å². The predicted molar refractivity (Wildman–Crippen MR) is 117 cm³/mol. The van der Waals surface area contributed by atoms with E-state index >= 15 is 0 Å². The van der Waals surface area contributed by atoms with Gasteiger partial charge in [-0.3, -0.25) is 13.9 Å². The van der Waals surface area contributed by atoms with Crippen LogP contribution in [0.4, 0.5) is 11.4 Å². The third kappa shape index (κ3) is 4.05. The summed E-state index contributed by atoms with van der Waals surface area (Å²) in [6.45, 7) is 4.51. The molecule has 1 amide bonds. The molecule has 3 aromatic rings. The molecule has 0 bridgehead atoms. The number of nitrogens with zero attached hydrogens (tertiary/aromatic N) is 4. The van der Waals surface area contributed by atoms with Gasteiger partial charge in [-0.1, -0.05) is 12.1 Å². The van der Waals surface area contributed by atoms with Gasteiger partial charge >= 0.3 is 5.69 Å². The molecule has 7 nitrogen and oxygen atoms in total. The van der Waals surface area contributed by atoms with Gasteiger partial charge in [0.2, 0.25) is 5.91 Å². The molecule has 0 aliphatic carbocycles. The van der Waals surface area contributed by atoms with E-state index in [9.17, 15) is 9.59 Å². The van der Waals surface area contributed by atoms with Crippen LogP contribution in [0.1, 0.15) is 6.42 Å². The maximum absolute atomic E-state index is 12.5. The second kappa shape index (κ2) is 8.13. The number of piperazine rings is 1. The Morgan fingerprint density at radius 2 is 1.59 bits per heavy atom. The van der Waals surface area contributed by atoms with Crippen LogP contribution in [0.2, 0.25) is 0 Å². The Balaban J connectivity index is 1.37. The van der Waals surface area contributed by atoms with Gasteiger partial charge in [0.05, 0.1) is 11.0 Å². The summed E-state index contributed by atoms with van der Waals surface area (Å²) in [6, 6.07) is 15.6. The second-order valence-electron chi connectivity index (χ2n) is 7.62. The van der Waals surface area contributed by atoms with Crippen LogP contribution in [0.5, 0.6) is 0 Å². The van der Waals surface area contributed by atoms with E-state index in [1.165, 1.54) is 5.69 Å². The van der Waals surface area contributed by atoms with E-state index in [1.807, 2.05) is 36.4 Å². The lowest BCUT2D eigenvalue weighted by molar-refractivity contribution is -0.116. The Morgan fingerprint density at radius 3 is 2.28 bits per heavy atom. The number of likely N-dealkylation sites (N-methyl/N-ethyl adjacent to an activating group) is 1. The Labute approximate surface area is 170 Å². The first-order valence-electron chi connectivity index (χ1n) is 10.0. The number of fused-ring (bicyclic) bond motifs is 1. The first-order chi connectivity index (χ1) is 14.0. The van der Waals surface area contributed by atoms with Gasteiger partial charge in [0.15, 0.2) is 0 Å². The molecule has 4 rings (SSSR count). The van der Waals surface area contributed by atoms with Crippen LogP contribution in [0.3, 0.4) is 0 Å². The summed E-state index contributed by atoms with van der Waals surface area (Å²) >= 11 is 0. The number of para-hydroxylation sites is 2. The van der Waals surface area contributed by atoms with Crippen LogP contribution in [-0.2, 0) is 18.4 Å². The quantitative estimate of drug-likeness (QED) is 0.721. The fourth-order valence-corrected chi connectivity index (χ4v) is 3.84. The molecule has 0 saturated carbocycles. The molecule has 0 atom stereocenters. The number of hydrogen-bond donors (Lipinski definition) is 1. The molecule has 29 heavy (non-hydrogen) atoms. The lowest BCUT2D eigenvalue weighted by Crippen LogP contribution is -2.44. The third-order valence-corrected chi connectivity index (χ3v) is 5.63.